The van der Waals surface area contributed by atoms with E-state index < -0.39 is 0 Å². The quantitative estimate of drug-likeness (QED) is 0.249. The largest absolute Gasteiger partial charge is 0.377 e. The van der Waals surface area contributed by atoms with Crippen LogP contribution in [0.3, 0.4) is 0 Å². The van der Waals surface area contributed by atoms with Gasteiger partial charge < -0.3 is 20.1 Å². The van der Waals surface area contributed by atoms with Crippen molar-refractivity contribution < 1.29 is 9.47 Å². The Hall–Kier alpha value is -0.120. The molecule has 166 valence electrons. The summed E-state index contributed by atoms with van der Waals surface area (Å²) < 4.78 is 11.9. The predicted octanol–water partition coefficient (Wildman–Crippen LogP) is 3.11. The number of hydrogen-bond donors (Lipinski definition) is 2. The van der Waals surface area contributed by atoms with Crippen LogP contribution in [-0.4, -0.2) is 75.5 Å². The Labute approximate surface area is 189 Å². The molecule has 7 heteroatoms. The first-order chi connectivity index (χ1) is 12.8. The molecule has 0 amide bonds. The predicted molar refractivity (Wildman–Crippen MR) is 128 cm³/mol. The number of hydrogen-bond acceptors (Lipinski definition) is 4. The van der Waals surface area contributed by atoms with Crippen LogP contribution in [0.2, 0.25) is 0 Å². The molecule has 0 aromatic carbocycles. The molecule has 4 unspecified atom stereocenters. The van der Waals surface area contributed by atoms with E-state index in [4.69, 9.17) is 9.47 Å². The van der Waals surface area contributed by atoms with Gasteiger partial charge in [0, 0.05) is 52.3 Å². The van der Waals surface area contributed by atoms with Crippen molar-refractivity contribution in [3.8, 4) is 0 Å². The Morgan fingerprint density at radius 1 is 1.14 bits per heavy atom. The van der Waals surface area contributed by atoms with Crippen LogP contribution in [0.4, 0.5) is 0 Å². The molecule has 0 saturated carbocycles. The maximum atomic E-state index is 6.09. The fraction of sp³-hybridized carbons (Fsp3) is 0.952. The van der Waals surface area contributed by atoms with Crippen molar-refractivity contribution in [1.82, 2.24) is 15.5 Å². The Bertz CT molecular complexity index is 460. The van der Waals surface area contributed by atoms with Gasteiger partial charge in [0.05, 0.1) is 18.3 Å². The molecule has 0 aliphatic carbocycles. The summed E-state index contributed by atoms with van der Waals surface area (Å²) in [7, 11) is 1.85. The van der Waals surface area contributed by atoms with Crippen LogP contribution in [0.15, 0.2) is 4.99 Å². The van der Waals surface area contributed by atoms with Crippen LogP contribution >= 0.6 is 24.0 Å². The van der Waals surface area contributed by atoms with E-state index in [0.717, 1.165) is 58.1 Å². The third-order valence-electron chi connectivity index (χ3n) is 5.49. The number of nitrogens with zero attached hydrogens (tertiary/aromatic N) is 2. The summed E-state index contributed by atoms with van der Waals surface area (Å²) >= 11 is 0. The monoisotopic (exact) mass is 510 g/mol. The number of rotatable bonds is 6. The zero-order valence-corrected chi connectivity index (χ0v) is 21.1. The Balaban J connectivity index is 0.00000392. The fourth-order valence-electron chi connectivity index (χ4n) is 4.43. The molecule has 0 bridgehead atoms. The van der Waals surface area contributed by atoms with Crippen LogP contribution < -0.4 is 10.6 Å². The van der Waals surface area contributed by atoms with E-state index in [-0.39, 0.29) is 29.4 Å². The summed E-state index contributed by atoms with van der Waals surface area (Å²) in [4.78, 5) is 6.89. The third-order valence-corrected chi connectivity index (χ3v) is 5.49. The zero-order chi connectivity index (χ0) is 19.9. The summed E-state index contributed by atoms with van der Waals surface area (Å²) in [6, 6.07) is 0. The first-order valence-corrected chi connectivity index (χ1v) is 10.7. The average molecular weight is 511 g/mol. The highest BCUT2D eigenvalue weighted by Gasteiger charge is 2.35. The highest BCUT2D eigenvalue weighted by molar-refractivity contribution is 14.0. The fourth-order valence-corrected chi connectivity index (χ4v) is 4.43. The van der Waals surface area contributed by atoms with E-state index >= 15 is 0 Å². The molecule has 2 saturated heterocycles. The van der Waals surface area contributed by atoms with E-state index in [0.29, 0.717) is 24.2 Å². The molecule has 2 N–H and O–H groups in total. The molecule has 2 rings (SSSR count). The number of guanidine groups is 1. The second kappa shape index (κ2) is 12.5. The first kappa shape index (κ1) is 25.9. The van der Waals surface area contributed by atoms with Crippen molar-refractivity contribution >= 4 is 29.9 Å². The van der Waals surface area contributed by atoms with Gasteiger partial charge in [0.1, 0.15) is 0 Å². The molecule has 2 fully saturated rings. The minimum atomic E-state index is 0. The normalized spacial score (nSPS) is 29.9. The highest BCUT2D eigenvalue weighted by atomic mass is 127. The van der Waals surface area contributed by atoms with Gasteiger partial charge in [-0.1, -0.05) is 20.8 Å². The van der Waals surface area contributed by atoms with E-state index in [1.165, 1.54) is 6.42 Å². The van der Waals surface area contributed by atoms with Gasteiger partial charge in [-0.15, -0.1) is 24.0 Å². The molecular formula is C21H43IN4O2. The van der Waals surface area contributed by atoms with Crippen LogP contribution in [0.1, 0.15) is 53.9 Å². The van der Waals surface area contributed by atoms with Gasteiger partial charge >= 0.3 is 0 Å². The number of halogens is 1. The third kappa shape index (κ3) is 8.71. The molecule has 6 nitrogen and oxygen atoms in total. The van der Waals surface area contributed by atoms with Crippen molar-refractivity contribution in [3.05, 3.63) is 0 Å². The number of nitrogens with one attached hydrogen (secondary N) is 2. The molecule has 2 aliphatic heterocycles. The van der Waals surface area contributed by atoms with Crippen molar-refractivity contribution in [3.63, 3.8) is 0 Å². The molecule has 2 aliphatic rings. The summed E-state index contributed by atoms with van der Waals surface area (Å²) in [5.74, 6) is 1.44. The maximum Gasteiger partial charge on any atom is 0.190 e. The second-order valence-corrected chi connectivity index (χ2v) is 9.31. The lowest BCUT2D eigenvalue weighted by atomic mass is 9.78. The zero-order valence-electron chi connectivity index (χ0n) is 18.8. The van der Waals surface area contributed by atoms with Gasteiger partial charge in [0.2, 0.25) is 0 Å². The Morgan fingerprint density at radius 2 is 1.82 bits per heavy atom. The Morgan fingerprint density at radius 3 is 2.43 bits per heavy atom. The van der Waals surface area contributed by atoms with Crippen LogP contribution in [0.5, 0.6) is 0 Å². The summed E-state index contributed by atoms with van der Waals surface area (Å²) in [6.45, 7) is 17.1. The van der Waals surface area contributed by atoms with E-state index in [1.54, 1.807) is 0 Å². The molecule has 4 atom stereocenters. The van der Waals surface area contributed by atoms with E-state index in [1.807, 2.05) is 7.05 Å². The minimum Gasteiger partial charge on any atom is -0.377 e. The molecule has 2 heterocycles. The van der Waals surface area contributed by atoms with Gasteiger partial charge in [0.15, 0.2) is 5.96 Å². The van der Waals surface area contributed by atoms with Crippen LogP contribution in [-0.2, 0) is 9.47 Å². The number of morpholine rings is 1. The lowest BCUT2D eigenvalue weighted by Crippen LogP contribution is -2.48. The maximum absolute atomic E-state index is 6.09. The van der Waals surface area contributed by atoms with Gasteiger partial charge in [-0.2, -0.15) is 0 Å². The number of ether oxygens (including phenoxy) is 2. The molecule has 0 aromatic rings. The molecule has 0 spiro atoms. The molecule has 0 aromatic heterocycles. The number of aliphatic imine (C=N–C) groups is 1. The van der Waals surface area contributed by atoms with Gasteiger partial charge in [0.25, 0.3) is 0 Å². The highest BCUT2D eigenvalue weighted by Crippen LogP contribution is 2.33. The van der Waals surface area contributed by atoms with Gasteiger partial charge in [-0.05, 0) is 38.5 Å². The minimum absolute atomic E-state index is 0. The van der Waals surface area contributed by atoms with Gasteiger partial charge in [-0.3, -0.25) is 9.89 Å². The van der Waals surface area contributed by atoms with Crippen molar-refractivity contribution in [2.45, 2.75) is 72.2 Å². The van der Waals surface area contributed by atoms with Crippen LogP contribution in [0, 0.1) is 11.3 Å². The summed E-state index contributed by atoms with van der Waals surface area (Å²) in [5.41, 5.74) is 0.177. The van der Waals surface area contributed by atoms with Crippen molar-refractivity contribution in [2.75, 3.05) is 46.4 Å². The molecule has 0 radical (unpaired) electrons. The lowest BCUT2D eigenvalue weighted by Gasteiger charge is -2.40. The molecule has 28 heavy (non-hydrogen) atoms. The Kier molecular flexibility index (Phi) is 11.6. The summed E-state index contributed by atoms with van der Waals surface area (Å²) in [6.07, 6.45) is 4.47. The first-order valence-electron chi connectivity index (χ1n) is 10.7. The lowest BCUT2D eigenvalue weighted by molar-refractivity contribution is -0.0835. The average Bonchev–Trinajstić information content (AvgIpc) is 2.60. The van der Waals surface area contributed by atoms with Crippen molar-refractivity contribution in [2.24, 2.45) is 16.3 Å². The van der Waals surface area contributed by atoms with E-state index in [9.17, 15) is 0 Å². The molecular weight excluding hydrogens is 467 g/mol. The standard InChI is InChI=1S/C21H42N4O2.HI/c1-16-14-25(15-17(2)27-16)11-8-10-23-20(22-6)24-13-18-9-7-12-26-19(18)21(3,4)5;/h16-19H,7-15H2,1-6H3,(H2,22,23,24);1H. The van der Waals surface area contributed by atoms with E-state index in [2.05, 4.69) is 55.1 Å². The smallest absolute Gasteiger partial charge is 0.190 e. The van der Waals surface area contributed by atoms with Crippen molar-refractivity contribution in [1.29, 1.82) is 0 Å². The van der Waals surface area contributed by atoms with Crippen LogP contribution in [0.25, 0.3) is 0 Å². The second-order valence-electron chi connectivity index (χ2n) is 9.31. The summed E-state index contributed by atoms with van der Waals surface area (Å²) in [5, 5.41) is 6.98. The SMILES string of the molecule is CN=C(NCCCN1CC(C)OC(C)C1)NCC1CCCOC1C(C)(C)C.I. The topological polar surface area (TPSA) is 58.1 Å². The van der Waals surface area contributed by atoms with Gasteiger partial charge in [-0.25, -0.2) is 0 Å².